The number of rotatable bonds is 14. The molecule has 0 unspecified atom stereocenters. The molecule has 0 heterocycles. The standard InChI is InChI=1S/C19H42N2/c1-7-9-11-13-19(14-12-10-8-2)20-15-16-21(17(3)4)18(5)6/h17-20H,7-16H2,1-6H3. The van der Waals surface area contributed by atoms with Crippen LogP contribution >= 0.6 is 0 Å². The van der Waals surface area contributed by atoms with Crippen LogP contribution in [0.25, 0.3) is 0 Å². The molecule has 0 aliphatic heterocycles. The van der Waals surface area contributed by atoms with Crippen molar-refractivity contribution in [1.82, 2.24) is 10.2 Å². The molecule has 0 bridgehead atoms. The molecule has 0 rings (SSSR count). The molecule has 0 saturated heterocycles. The minimum Gasteiger partial charge on any atom is -0.313 e. The maximum atomic E-state index is 3.84. The molecule has 0 aliphatic carbocycles. The molecule has 0 aromatic rings. The monoisotopic (exact) mass is 298 g/mol. The van der Waals surface area contributed by atoms with Crippen molar-refractivity contribution in [2.45, 2.75) is 111 Å². The Labute approximate surface area is 135 Å². The second kappa shape index (κ2) is 13.6. The van der Waals surface area contributed by atoms with E-state index in [9.17, 15) is 0 Å². The molecular formula is C19H42N2. The van der Waals surface area contributed by atoms with Gasteiger partial charge in [-0.1, -0.05) is 52.4 Å². The van der Waals surface area contributed by atoms with Crippen LogP contribution in [0.2, 0.25) is 0 Å². The first-order valence-corrected chi connectivity index (χ1v) is 9.51. The maximum Gasteiger partial charge on any atom is 0.0112 e. The number of hydrogen-bond acceptors (Lipinski definition) is 2. The van der Waals surface area contributed by atoms with Gasteiger partial charge in [0.1, 0.15) is 0 Å². The van der Waals surface area contributed by atoms with Crippen molar-refractivity contribution in [3.8, 4) is 0 Å². The fourth-order valence-electron chi connectivity index (χ4n) is 3.14. The lowest BCUT2D eigenvalue weighted by molar-refractivity contribution is 0.173. The van der Waals surface area contributed by atoms with Gasteiger partial charge >= 0.3 is 0 Å². The molecule has 0 fully saturated rings. The summed E-state index contributed by atoms with van der Waals surface area (Å²) in [5, 5.41) is 3.84. The second-order valence-electron chi connectivity index (χ2n) is 7.07. The first-order chi connectivity index (χ1) is 10.0. The van der Waals surface area contributed by atoms with Gasteiger partial charge in [-0.25, -0.2) is 0 Å². The van der Waals surface area contributed by atoms with Gasteiger partial charge in [-0.3, -0.25) is 4.90 Å². The van der Waals surface area contributed by atoms with Gasteiger partial charge in [-0.2, -0.15) is 0 Å². The average molecular weight is 299 g/mol. The fraction of sp³-hybridized carbons (Fsp3) is 1.00. The molecule has 0 aromatic heterocycles. The van der Waals surface area contributed by atoms with E-state index in [1.54, 1.807) is 0 Å². The summed E-state index contributed by atoms with van der Waals surface area (Å²) in [5.74, 6) is 0. The van der Waals surface area contributed by atoms with Gasteiger partial charge < -0.3 is 5.32 Å². The van der Waals surface area contributed by atoms with E-state index in [0.29, 0.717) is 12.1 Å². The normalized spacial score (nSPS) is 12.3. The van der Waals surface area contributed by atoms with Crippen molar-refractivity contribution in [1.29, 1.82) is 0 Å². The summed E-state index contributed by atoms with van der Waals surface area (Å²) in [6.45, 7) is 16.1. The highest BCUT2D eigenvalue weighted by Crippen LogP contribution is 2.11. The third-order valence-electron chi connectivity index (χ3n) is 4.44. The van der Waals surface area contributed by atoms with E-state index in [4.69, 9.17) is 0 Å². The smallest absolute Gasteiger partial charge is 0.0112 e. The minimum atomic E-state index is 0.644. The Morgan fingerprint density at radius 3 is 1.62 bits per heavy atom. The molecule has 0 aromatic carbocycles. The summed E-state index contributed by atoms with van der Waals surface area (Å²) in [7, 11) is 0. The van der Waals surface area contributed by atoms with Gasteiger partial charge in [-0.15, -0.1) is 0 Å². The van der Waals surface area contributed by atoms with Crippen LogP contribution in [0.3, 0.4) is 0 Å². The first kappa shape index (κ1) is 20.9. The van der Waals surface area contributed by atoms with Crippen molar-refractivity contribution in [2.75, 3.05) is 13.1 Å². The summed E-state index contributed by atoms with van der Waals surface area (Å²) in [5.41, 5.74) is 0. The Hall–Kier alpha value is -0.0800. The molecule has 2 heteroatoms. The van der Waals surface area contributed by atoms with E-state index < -0.39 is 0 Å². The fourth-order valence-corrected chi connectivity index (χ4v) is 3.14. The van der Waals surface area contributed by atoms with Crippen LogP contribution in [0.4, 0.5) is 0 Å². The van der Waals surface area contributed by atoms with Crippen LogP contribution in [0.5, 0.6) is 0 Å². The van der Waals surface area contributed by atoms with E-state index in [1.165, 1.54) is 57.9 Å². The third kappa shape index (κ3) is 11.2. The van der Waals surface area contributed by atoms with Gasteiger partial charge in [0.05, 0.1) is 0 Å². The van der Waals surface area contributed by atoms with Crippen LogP contribution in [-0.2, 0) is 0 Å². The molecule has 0 spiro atoms. The van der Waals surface area contributed by atoms with Gasteiger partial charge in [0.25, 0.3) is 0 Å². The molecule has 2 nitrogen and oxygen atoms in total. The Morgan fingerprint density at radius 1 is 0.762 bits per heavy atom. The van der Waals surface area contributed by atoms with Crippen molar-refractivity contribution in [3.05, 3.63) is 0 Å². The van der Waals surface area contributed by atoms with Crippen LogP contribution < -0.4 is 5.32 Å². The SMILES string of the molecule is CCCCCC(CCCCC)NCCN(C(C)C)C(C)C. The first-order valence-electron chi connectivity index (χ1n) is 9.51. The van der Waals surface area contributed by atoms with Crippen molar-refractivity contribution in [2.24, 2.45) is 0 Å². The third-order valence-corrected chi connectivity index (χ3v) is 4.44. The Morgan fingerprint density at radius 2 is 1.24 bits per heavy atom. The van der Waals surface area contributed by atoms with E-state index in [-0.39, 0.29) is 0 Å². The topological polar surface area (TPSA) is 15.3 Å². The van der Waals surface area contributed by atoms with Crippen LogP contribution in [-0.4, -0.2) is 36.1 Å². The molecule has 0 amide bonds. The Bertz CT molecular complexity index is 196. The molecule has 0 aliphatic rings. The predicted octanol–water partition coefficient (Wildman–Crippen LogP) is 5.22. The Balaban J connectivity index is 4.06. The molecule has 1 N–H and O–H groups in total. The molecule has 21 heavy (non-hydrogen) atoms. The van der Waals surface area contributed by atoms with Gasteiger partial charge in [0.2, 0.25) is 0 Å². The lowest BCUT2D eigenvalue weighted by Gasteiger charge is -2.31. The van der Waals surface area contributed by atoms with Gasteiger partial charge in [0.15, 0.2) is 0 Å². The van der Waals surface area contributed by atoms with E-state index in [1.807, 2.05) is 0 Å². The average Bonchev–Trinajstić information content (AvgIpc) is 2.42. The van der Waals surface area contributed by atoms with Crippen molar-refractivity contribution >= 4 is 0 Å². The zero-order valence-electron chi connectivity index (χ0n) is 15.8. The number of nitrogens with one attached hydrogen (secondary N) is 1. The van der Waals surface area contributed by atoms with Gasteiger partial charge in [-0.05, 0) is 40.5 Å². The van der Waals surface area contributed by atoms with Crippen molar-refractivity contribution < 1.29 is 0 Å². The summed E-state index contributed by atoms with van der Waals surface area (Å²) >= 11 is 0. The van der Waals surface area contributed by atoms with E-state index in [0.717, 1.165) is 12.6 Å². The van der Waals surface area contributed by atoms with Crippen LogP contribution in [0.1, 0.15) is 92.9 Å². The summed E-state index contributed by atoms with van der Waals surface area (Å²) in [6, 6.07) is 2.03. The van der Waals surface area contributed by atoms with Crippen LogP contribution in [0.15, 0.2) is 0 Å². The summed E-state index contributed by atoms with van der Waals surface area (Å²) < 4.78 is 0. The second-order valence-corrected chi connectivity index (χ2v) is 7.07. The number of unbranched alkanes of at least 4 members (excludes halogenated alkanes) is 4. The predicted molar refractivity (Wildman–Crippen MR) is 97.1 cm³/mol. The molecule has 128 valence electrons. The lowest BCUT2D eigenvalue weighted by Crippen LogP contribution is -2.43. The molecular weight excluding hydrogens is 256 g/mol. The minimum absolute atomic E-state index is 0.644. The maximum absolute atomic E-state index is 3.84. The zero-order valence-corrected chi connectivity index (χ0v) is 15.8. The zero-order chi connectivity index (χ0) is 16.1. The quantitative estimate of drug-likeness (QED) is 0.442. The van der Waals surface area contributed by atoms with Crippen molar-refractivity contribution in [3.63, 3.8) is 0 Å². The summed E-state index contributed by atoms with van der Waals surface area (Å²) in [6.07, 6.45) is 10.9. The Kier molecular flexibility index (Phi) is 13.5. The van der Waals surface area contributed by atoms with Crippen LogP contribution in [0, 0.1) is 0 Å². The number of hydrogen-bond donors (Lipinski definition) is 1. The molecule has 0 saturated carbocycles. The highest BCUT2D eigenvalue weighted by molar-refractivity contribution is 4.72. The van der Waals surface area contributed by atoms with Gasteiger partial charge in [0, 0.05) is 31.2 Å². The number of nitrogens with zero attached hydrogens (tertiary/aromatic N) is 1. The molecule has 0 radical (unpaired) electrons. The van der Waals surface area contributed by atoms with E-state index in [2.05, 4.69) is 51.8 Å². The largest absolute Gasteiger partial charge is 0.313 e. The summed E-state index contributed by atoms with van der Waals surface area (Å²) in [4.78, 5) is 2.59. The highest BCUT2D eigenvalue weighted by Gasteiger charge is 2.14. The highest BCUT2D eigenvalue weighted by atomic mass is 15.2. The lowest BCUT2D eigenvalue weighted by atomic mass is 10.0. The molecule has 0 atom stereocenters. The van der Waals surface area contributed by atoms with E-state index >= 15 is 0 Å².